The third-order valence-electron chi connectivity index (χ3n) is 1.85. The first-order valence-electron chi connectivity index (χ1n) is 4.47. The van der Waals surface area contributed by atoms with Gasteiger partial charge in [-0.1, -0.05) is 18.9 Å². The highest BCUT2D eigenvalue weighted by Gasteiger charge is 2.15. The summed E-state index contributed by atoms with van der Waals surface area (Å²) in [5.41, 5.74) is 1.08. The van der Waals surface area contributed by atoms with Crippen LogP contribution in [0.5, 0.6) is 0 Å². The second-order valence-electron chi connectivity index (χ2n) is 3.26. The van der Waals surface area contributed by atoms with Crippen molar-refractivity contribution in [1.82, 2.24) is 5.32 Å². The predicted molar refractivity (Wildman–Crippen MR) is 51.9 cm³/mol. The molecule has 0 heterocycles. The lowest BCUT2D eigenvalue weighted by atomic mass is 9.95. The van der Waals surface area contributed by atoms with E-state index in [4.69, 9.17) is 0 Å². The molecule has 1 amide bonds. The van der Waals surface area contributed by atoms with Crippen LogP contribution in [0.3, 0.4) is 0 Å². The van der Waals surface area contributed by atoms with Crippen LogP contribution in [0, 0.1) is 5.92 Å². The Morgan fingerprint density at radius 1 is 1.58 bits per heavy atom. The van der Waals surface area contributed by atoms with Crippen LogP contribution < -0.4 is 5.32 Å². The number of carbonyl (C=O) groups is 1. The summed E-state index contributed by atoms with van der Waals surface area (Å²) in [7, 11) is 1.68. The molecule has 0 rings (SSSR count). The fourth-order valence-electron chi connectivity index (χ4n) is 1.30. The monoisotopic (exact) mass is 169 g/mol. The van der Waals surface area contributed by atoms with Crippen LogP contribution in [0.1, 0.15) is 33.1 Å². The van der Waals surface area contributed by atoms with Gasteiger partial charge in [0.25, 0.3) is 0 Å². The molecule has 12 heavy (non-hydrogen) atoms. The summed E-state index contributed by atoms with van der Waals surface area (Å²) in [6.07, 6.45) is 2.81. The first-order chi connectivity index (χ1) is 5.61. The maximum absolute atomic E-state index is 11.3. The summed E-state index contributed by atoms with van der Waals surface area (Å²) in [6, 6.07) is 0. The van der Waals surface area contributed by atoms with Crippen molar-refractivity contribution < 1.29 is 4.79 Å². The Labute approximate surface area is 75.0 Å². The number of rotatable bonds is 5. The van der Waals surface area contributed by atoms with Gasteiger partial charge in [0.2, 0.25) is 5.91 Å². The number of amides is 1. The van der Waals surface area contributed by atoms with Gasteiger partial charge in [0.05, 0.1) is 0 Å². The van der Waals surface area contributed by atoms with Crippen molar-refractivity contribution in [2.45, 2.75) is 33.1 Å². The highest BCUT2D eigenvalue weighted by atomic mass is 16.1. The zero-order valence-electron chi connectivity index (χ0n) is 8.31. The van der Waals surface area contributed by atoms with Crippen molar-refractivity contribution in [3.8, 4) is 0 Å². The molecule has 0 aliphatic carbocycles. The zero-order chi connectivity index (χ0) is 9.56. The van der Waals surface area contributed by atoms with Crippen LogP contribution in [0.4, 0.5) is 0 Å². The highest BCUT2D eigenvalue weighted by molar-refractivity contribution is 5.78. The molecule has 0 aromatic rings. The van der Waals surface area contributed by atoms with Crippen molar-refractivity contribution in [2.75, 3.05) is 7.05 Å². The lowest BCUT2D eigenvalue weighted by Crippen LogP contribution is -2.27. The first kappa shape index (κ1) is 11.2. The molecular weight excluding hydrogens is 150 g/mol. The minimum atomic E-state index is 0.123. The molecule has 2 nitrogen and oxygen atoms in total. The van der Waals surface area contributed by atoms with Crippen molar-refractivity contribution in [1.29, 1.82) is 0 Å². The third kappa shape index (κ3) is 4.16. The fraction of sp³-hybridized carbons (Fsp3) is 0.700. The van der Waals surface area contributed by atoms with Gasteiger partial charge in [-0.15, -0.1) is 6.58 Å². The lowest BCUT2D eigenvalue weighted by Gasteiger charge is -2.13. The van der Waals surface area contributed by atoms with Gasteiger partial charge in [0.1, 0.15) is 0 Å². The summed E-state index contributed by atoms with van der Waals surface area (Å²) in [4.78, 5) is 11.3. The number of allylic oxidation sites excluding steroid dienone is 1. The van der Waals surface area contributed by atoms with Crippen molar-refractivity contribution >= 4 is 5.91 Å². The molecule has 0 aliphatic rings. The fourth-order valence-corrected chi connectivity index (χ4v) is 1.30. The smallest absolute Gasteiger partial charge is 0.223 e. The van der Waals surface area contributed by atoms with E-state index in [1.165, 1.54) is 0 Å². The van der Waals surface area contributed by atoms with Crippen molar-refractivity contribution in [3.05, 3.63) is 12.2 Å². The molecule has 0 saturated carbocycles. The van der Waals surface area contributed by atoms with E-state index >= 15 is 0 Å². The average molecular weight is 169 g/mol. The molecule has 0 spiro atoms. The van der Waals surface area contributed by atoms with Crippen LogP contribution in [-0.2, 0) is 4.79 Å². The van der Waals surface area contributed by atoms with Crippen LogP contribution in [0.15, 0.2) is 12.2 Å². The topological polar surface area (TPSA) is 29.1 Å². The van der Waals surface area contributed by atoms with Gasteiger partial charge < -0.3 is 5.32 Å². The maximum atomic E-state index is 11.3. The van der Waals surface area contributed by atoms with Gasteiger partial charge in [-0.3, -0.25) is 4.79 Å². The van der Waals surface area contributed by atoms with E-state index in [0.29, 0.717) is 0 Å². The third-order valence-corrected chi connectivity index (χ3v) is 1.85. The molecule has 1 N–H and O–H groups in total. The van der Waals surface area contributed by atoms with Gasteiger partial charge in [0.15, 0.2) is 0 Å². The summed E-state index contributed by atoms with van der Waals surface area (Å²) >= 11 is 0. The second kappa shape index (κ2) is 5.81. The van der Waals surface area contributed by atoms with Gasteiger partial charge >= 0.3 is 0 Å². The number of nitrogens with one attached hydrogen (secondary N) is 1. The van der Waals surface area contributed by atoms with E-state index in [1.54, 1.807) is 7.05 Å². The van der Waals surface area contributed by atoms with Crippen LogP contribution in [0.25, 0.3) is 0 Å². The average Bonchev–Trinajstić information content (AvgIpc) is 2.01. The Bertz CT molecular complexity index is 163. The molecule has 1 atom stereocenters. The summed E-state index contributed by atoms with van der Waals surface area (Å²) in [6.45, 7) is 7.87. The van der Waals surface area contributed by atoms with Crippen LogP contribution >= 0.6 is 0 Å². The first-order valence-corrected chi connectivity index (χ1v) is 4.47. The number of hydrogen-bond donors (Lipinski definition) is 1. The minimum Gasteiger partial charge on any atom is -0.359 e. The molecular formula is C10H19NO. The van der Waals surface area contributed by atoms with Crippen molar-refractivity contribution in [3.63, 3.8) is 0 Å². The number of hydrogen-bond acceptors (Lipinski definition) is 1. The lowest BCUT2D eigenvalue weighted by molar-refractivity contribution is -0.124. The van der Waals surface area contributed by atoms with Gasteiger partial charge in [0, 0.05) is 13.0 Å². The van der Waals surface area contributed by atoms with E-state index in [-0.39, 0.29) is 11.8 Å². The quantitative estimate of drug-likeness (QED) is 0.627. The second-order valence-corrected chi connectivity index (χ2v) is 3.26. The van der Waals surface area contributed by atoms with Gasteiger partial charge in [-0.25, -0.2) is 0 Å². The Kier molecular flexibility index (Phi) is 5.43. The molecule has 0 bridgehead atoms. The molecule has 70 valence electrons. The molecule has 2 heteroatoms. The highest BCUT2D eigenvalue weighted by Crippen LogP contribution is 2.15. The number of carbonyl (C=O) groups excluding carboxylic acids is 1. The van der Waals surface area contributed by atoms with E-state index in [9.17, 15) is 4.79 Å². The van der Waals surface area contributed by atoms with Crippen LogP contribution in [0.2, 0.25) is 0 Å². The minimum absolute atomic E-state index is 0.123. The van der Waals surface area contributed by atoms with E-state index < -0.39 is 0 Å². The van der Waals surface area contributed by atoms with Crippen LogP contribution in [-0.4, -0.2) is 13.0 Å². The van der Waals surface area contributed by atoms with Gasteiger partial charge in [-0.2, -0.15) is 0 Å². The molecule has 0 aliphatic heterocycles. The summed E-state index contributed by atoms with van der Waals surface area (Å²) < 4.78 is 0. The Morgan fingerprint density at radius 2 is 2.17 bits per heavy atom. The Hall–Kier alpha value is -0.790. The normalized spacial score (nSPS) is 12.2. The molecule has 0 radical (unpaired) electrons. The predicted octanol–water partition coefficient (Wildman–Crippen LogP) is 2.11. The van der Waals surface area contributed by atoms with Gasteiger partial charge in [-0.05, 0) is 19.8 Å². The zero-order valence-corrected chi connectivity index (χ0v) is 8.31. The SMILES string of the molecule is C=C(C)CC(CCC)C(=O)NC. The largest absolute Gasteiger partial charge is 0.359 e. The maximum Gasteiger partial charge on any atom is 0.223 e. The molecule has 0 aromatic carbocycles. The molecule has 0 aromatic heterocycles. The standard InChI is InChI=1S/C10H19NO/c1-5-6-9(7-8(2)3)10(12)11-4/h9H,2,5-7H2,1,3-4H3,(H,11,12). The Balaban J connectivity index is 4.02. The van der Waals surface area contributed by atoms with E-state index in [2.05, 4.69) is 18.8 Å². The summed E-state index contributed by atoms with van der Waals surface area (Å²) in [5.74, 6) is 0.261. The van der Waals surface area contributed by atoms with Crippen molar-refractivity contribution in [2.24, 2.45) is 5.92 Å². The Morgan fingerprint density at radius 3 is 2.50 bits per heavy atom. The van der Waals surface area contributed by atoms with E-state index in [0.717, 1.165) is 24.8 Å². The summed E-state index contributed by atoms with van der Waals surface area (Å²) in [5, 5.41) is 2.68. The van der Waals surface area contributed by atoms with E-state index in [1.807, 2.05) is 6.92 Å². The molecule has 0 saturated heterocycles. The molecule has 0 fully saturated rings. The molecule has 1 unspecified atom stereocenters.